The molecule has 5 heteroatoms. The average molecular weight is 277 g/mol. The van der Waals surface area contributed by atoms with Crippen molar-refractivity contribution >= 4 is 22.4 Å². The minimum Gasteiger partial charge on any atom is -0.338 e. The third kappa shape index (κ3) is 2.56. The van der Waals surface area contributed by atoms with Crippen molar-refractivity contribution in [1.82, 2.24) is 14.8 Å². The molecule has 0 saturated carbocycles. The molecule has 1 aromatic carbocycles. The van der Waals surface area contributed by atoms with Crippen LogP contribution in [0.5, 0.6) is 0 Å². The molecule has 0 aliphatic carbocycles. The number of nitrogens with zero attached hydrogens (tertiary/aromatic N) is 4. The van der Waals surface area contributed by atoms with Gasteiger partial charge in [-0.2, -0.15) is 10.4 Å². The Kier molecular flexibility index (Phi) is 3.28. The molecule has 0 aliphatic heterocycles. The summed E-state index contributed by atoms with van der Waals surface area (Å²) >= 11 is 0. The molecule has 0 amide bonds. The molecular formula is C16H15N5. The van der Waals surface area contributed by atoms with Crippen molar-refractivity contribution < 1.29 is 0 Å². The molecular weight excluding hydrogens is 262 g/mol. The Morgan fingerprint density at radius 3 is 2.81 bits per heavy atom. The first kappa shape index (κ1) is 13.1. The van der Waals surface area contributed by atoms with E-state index < -0.39 is 0 Å². The van der Waals surface area contributed by atoms with Gasteiger partial charge in [0.25, 0.3) is 0 Å². The third-order valence-electron chi connectivity index (χ3n) is 3.24. The van der Waals surface area contributed by atoms with Crippen molar-refractivity contribution in [3.8, 4) is 6.07 Å². The molecule has 1 N–H and O–H groups in total. The molecule has 104 valence electrons. The Morgan fingerprint density at radius 1 is 1.29 bits per heavy atom. The molecule has 0 radical (unpaired) electrons. The van der Waals surface area contributed by atoms with Crippen LogP contribution in [0, 0.1) is 11.3 Å². The van der Waals surface area contributed by atoms with E-state index in [0.29, 0.717) is 17.4 Å². The largest absolute Gasteiger partial charge is 0.338 e. The molecule has 3 aromatic rings. The van der Waals surface area contributed by atoms with E-state index in [1.807, 2.05) is 35.1 Å². The standard InChI is InChI=1S/C16H15N5/c1-11(2)21-10-13(9-18-21)19-16-7-12(8-17)14-5-3-4-6-15(14)20-16/h3-7,9-11H,1-2H3,(H,19,20). The molecule has 0 atom stereocenters. The zero-order chi connectivity index (χ0) is 14.8. The van der Waals surface area contributed by atoms with E-state index in [0.717, 1.165) is 16.6 Å². The van der Waals surface area contributed by atoms with E-state index in [1.165, 1.54) is 0 Å². The lowest BCUT2D eigenvalue weighted by Gasteiger charge is -2.06. The normalized spacial score (nSPS) is 10.8. The molecule has 0 saturated heterocycles. The molecule has 0 unspecified atom stereocenters. The number of nitrogens with one attached hydrogen (secondary N) is 1. The van der Waals surface area contributed by atoms with Crippen molar-refractivity contribution in [2.45, 2.75) is 19.9 Å². The number of benzene rings is 1. The van der Waals surface area contributed by atoms with Crippen molar-refractivity contribution in [3.63, 3.8) is 0 Å². The molecule has 2 heterocycles. The van der Waals surface area contributed by atoms with Gasteiger partial charge in [0.1, 0.15) is 5.82 Å². The van der Waals surface area contributed by atoms with Gasteiger partial charge in [0, 0.05) is 17.6 Å². The van der Waals surface area contributed by atoms with Crippen LogP contribution in [-0.2, 0) is 0 Å². The number of hydrogen-bond acceptors (Lipinski definition) is 4. The number of fused-ring (bicyclic) bond motifs is 1. The maximum absolute atomic E-state index is 9.28. The van der Waals surface area contributed by atoms with Crippen LogP contribution in [0.15, 0.2) is 42.7 Å². The summed E-state index contributed by atoms with van der Waals surface area (Å²) in [5.74, 6) is 0.647. The first-order chi connectivity index (χ1) is 10.2. The fourth-order valence-corrected chi connectivity index (χ4v) is 2.16. The fourth-order valence-electron chi connectivity index (χ4n) is 2.16. The SMILES string of the molecule is CC(C)n1cc(Nc2cc(C#N)c3ccccc3n2)cn1. The first-order valence-corrected chi connectivity index (χ1v) is 6.78. The summed E-state index contributed by atoms with van der Waals surface area (Å²) in [7, 11) is 0. The number of rotatable bonds is 3. The Hall–Kier alpha value is -2.87. The lowest BCUT2D eigenvalue weighted by Crippen LogP contribution is -2.00. The molecule has 0 fully saturated rings. The van der Waals surface area contributed by atoms with Gasteiger partial charge in [-0.25, -0.2) is 4.98 Å². The lowest BCUT2D eigenvalue weighted by molar-refractivity contribution is 0.532. The maximum Gasteiger partial charge on any atom is 0.132 e. The second-order valence-corrected chi connectivity index (χ2v) is 5.11. The lowest BCUT2D eigenvalue weighted by atomic mass is 10.1. The summed E-state index contributed by atoms with van der Waals surface area (Å²) in [6.07, 6.45) is 3.68. The molecule has 0 bridgehead atoms. The van der Waals surface area contributed by atoms with Crippen molar-refractivity contribution in [2.24, 2.45) is 0 Å². The summed E-state index contributed by atoms with van der Waals surface area (Å²) in [5.41, 5.74) is 2.27. The predicted molar refractivity (Wildman–Crippen MR) is 82.4 cm³/mol. The Labute approximate surface area is 122 Å². The highest BCUT2D eigenvalue weighted by Gasteiger charge is 2.07. The van der Waals surface area contributed by atoms with E-state index in [2.05, 4.69) is 35.3 Å². The zero-order valence-electron chi connectivity index (χ0n) is 11.9. The van der Waals surface area contributed by atoms with E-state index in [4.69, 9.17) is 0 Å². The van der Waals surface area contributed by atoms with E-state index >= 15 is 0 Å². The second kappa shape index (κ2) is 5.25. The molecule has 21 heavy (non-hydrogen) atoms. The Bertz CT molecular complexity index is 826. The van der Waals surface area contributed by atoms with Crippen molar-refractivity contribution in [1.29, 1.82) is 5.26 Å². The van der Waals surface area contributed by atoms with Crippen LogP contribution in [-0.4, -0.2) is 14.8 Å². The first-order valence-electron chi connectivity index (χ1n) is 6.78. The Balaban J connectivity index is 1.98. The van der Waals surface area contributed by atoms with Crippen molar-refractivity contribution in [2.75, 3.05) is 5.32 Å². The Morgan fingerprint density at radius 2 is 2.10 bits per heavy atom. The van der Waals surface area contributed by atoms with Crippen LogP contribution < -0.4 is 5.32 Å². The van der Waals surface area contributed by atoms with Gasteiger partial charge in [0.05, 0.1) is 29.0 Å². The van der Waals surface area contributed by atoms with Crippen LogP contribution in [0.1, 0.15) is 25.5 Å². The van der Waals surface area contributed by atoms with Gasteiger partial charge >= 0.3 is 0 Å². The molecule has 0 spiro atoms. The highest BCUT2D eigenvalue weighted by atomic mass is 15.3. The smallest absolute Gasteiger partial charge is 0.132 e. The number of anilines is 2. The summed E-state index contributed by atoms with van der Waals surface area (Å²) in [4.78, 5) is 4.53. The van der Waals surface area contributed by atoms with Gasteiger partial charge < -0.3 is 5.32 Å². The van der Waals surface area contributed by atoms with Gasteiger partial charge in [0.2, 0.25) is 0 Å². The number of nitriles is 1. The molecule has 3 rings (SSSR count). The van der Waals surface area contributed by atoms with Crippen LogP contribution >= 0.6 is 0 Å². The third-order valence-corrected chi connectivity index (χ3v) is 3.24. The molecule has 2 aromatic heterocycles. The summed E-state index contributed by atoms with van der Waals surface area (Å²) in [5, 5.41) is 17.6. The average Bonchev–Trinajstić information content (AvgIpc) is 2.95. The summed E-state index contributed by atoms with van der Waals surface area (Å²) < 4.78 is 1.87. The van der Waals surface area contributed by atoms with E-state index in [9.17, 15) is 5.26 Å². The van der Waals surface area contributed by atoms with Gasteiger partial charge in [-0.3, -0.25) is 4.68 Å². The van der Waals surface area contributed by atoms with Gasteiger partial charge in [-0.1, -0.05) is 18.2 Å². The quantitative estimate of drug-likeness (QED) is 0.794. The number of para-hydroxylation sites is 1. The topological polar surface area (TPSA) is 66.5 Å². The number of hydrogen-bond donors (Lipinski definition) is 1. The zero-order valence-corrected chi connectivity index (χ0v) is 11.9. The molecule has 5 nitrogen and oxygen atoms in total. The summed E-state index contributed by atoms with van der Waals surface area (Å²) in [6, 6.07) is 11.9. The van der Waals surface area contributed by atoms with E-state index in [1.54, 1.807) is 12.3 Å². The minimum atomic E-state index is 0.305. The number of pyridine rings is 1. The minimum absolute atomic E-state index is 0.305. The van der Waals surface area contributed by atoms with Gasteiger partial charge in [0.15, 0.2) is 0 Å². The maximum atomic E-state index is 9.28. The summed E-state index contributed by atoms with van der Waals surface area (Å²) in [6.45, 7) is 4.14. The van der Waals surface area contributed by atoms with Crippen LogP contribution in [0.3, 0.4) is 0 Å². The van der Waals surface area contributed by atoms with Crippen LogP contribution in [0.4, 0.5) is 11.5 Å². The van der Waals surface area contributed by atoms with Gasteiger partial charge in [-0.15, -0.1) is 0 Å². The predicted octanol–water partition coefficient (Wildman–Crippen LogP) is 3.63. The highest BCUT2D eigenvalue weighted by molar-refractivity contribution is 5.86. The van der Waals surface area contributed by atoms with E-state index in [-0.39, 0.29) is 0 Å². The molecule has 0 aliphatic rings. The fraction of sp³-hybridized carbons (Fsp3) is 0.188. The van der Waals surface area contributed by atoms with Crippen LogP contribution in [0.2, 0.25) is 0 Å². The second-order valence-electron chi connectivity index (χ2n) is 5.11. The monoisotopic (exact) mass is 277 g/mol. The van der Waals surface area contributed by atoms with Gasteiger partial charge in [-0.05, 0) is 26.0 Å². The van der Waals surface area contributed by atoms with Crippen molar-refractivity contribution in [3.05, 3.63) is 48.3 Å². The van der Waals surface area contributed by atoms with Crippen LogP contribution in [0.25, 0.3) is 10.9 Å². The number of aromatic nitrogens is 3. The highest BCUT2D eigenvalue weighted by Crippen LogP contribution is 2.22.